The molecule has 3 rings (SSSR count). The van der Waals surface area contributed by atoms with Gasteiger partial charge in [-0.2, -0.15) is 5.26 Å². The molecule has 0 bridgehead atoms. The molecule has 0 heterocycles. The van der Waals surface area contributed by atoms with Crippen LogP contribution in [0.5, 0.6) is 5.75 Å². The van der Waals surface area contributed by atoms with Gasteiger partial charge < -0.3 is 9.47 Å². The van der Waals surface area contributed by atoms with Gasteiger partial charge in [-0.05, 0) is 62.5 Å². The second kappa shape index (κ2) is 14.5. The molecule has 0 unspecified atom stereocenters. The zero-order valence-corrected chi connectivity index (χ0v) is 20.9. The maximum Gasteiger partial charge on any atom is 0.314 e. The van der Waals surface area contributed by atoms with Gasteiger partial charge in [-0.15, -0.1) is 0 Å². The van der Waals surface area contributed by atoms with Crippen molar-refractivity contribution in [3.8, 4) is 11.8 Å². The minimum atomic E-state index is -0.665. The lowest BCUT2D eigenvalue weighted by molar-refractivity contribution is -0.141. The summed E-state index contributed by atoms with van der Waals surface area (Å²) in [5.74, 6) is 0.624. The quantitative estimate of drug-likeness (QED) is 0.178. The molecule has 188 valence electrons. The van der Waals surface area contributed by atoms with Gasteiger partial charge in [-0.3, -0.25) is 4.79 Å². The van der Waals surface area contributed by atoms with E-state index in [4.69, 9.17) is 14.7 Å². The Balaban J connectivity index is 1.26. The van der Waals surface area contributed by atoms with E-state index in [0.29, 0.717) is 5.92 Å². The number of ether oxygens (including phenoxy) is 2. The molecule has 2 aliphatic carbocycles. The monoisotopic (exact) mass is 471 g/mol. The van der Waals surface area contributed by atoms with E-state index in [1.807, 2.05) is 0 Å². The highest BCUT2D eigenvalue weighted by Gasteiger charge is 2.29. The lowest BCUT2D eigenvalue weighted by Crippen LogP contribution is -2.30. The molecule has 1 aromatic rings. The average Bonchev–Trinajstić information content (AvgIpc) is 2.86. The van der Waals surface area contributed by atoms with Gasteiger partial charge in [-0.25, -0.2) is 4.39 Å². The highest BCUT2D eigenvalue weighted by molar-refractivity contribution is 5.75. The number of rotatable bonds is 12. The molecule has 0 aliphatic heterocycles. The maximum absolute atomic E-state index is 13.7. The number of hydrogen-bond acceptors (Lipinski definition) is 4. The Kier molecular flexibility index (Phi) is 11.3. The van der Waals surface area contributed by atoms with E-state index in [-0.39, 0.29) is 29.3 Å². The predicted molar refractivity (Wildman–Crippen MR) is 132 cm³/mol. The van der Waals surface area contributed by atoms with Crippen LogP contribution in [-0.4, -0.2) is 18.7 Å². The number of unbranched alkanes of at least 4 members (excludes halogenated alkanes) is 5. The van der Waals surface area contributed by atoms with Crippen molar-refractivity contribution in [2.24, 2.45) is 17.8 Å². The highest BCUT2D eigenvalue weighted by atomic mass is 19.1. The molecule has 0 radical (unpaired) electrons. The van der Waals surface area contributed by atoms with Crippen molar-refractivity contribution in [1.82, 2.24) is 0 Å². The molecule has 0 N–H and O–H groups in total. The fraction of sp³-hybridized carbons (Fsp3) is 0.724. The Morgan fingerprint density at radius 3 is 2.32 bits per heavy atom. The number of nitriles is 1. The number of hydrogen-bond donors (Lipinski definition) is 0. The van der Waals surface area contributed by atoms with Crippen LogP contribution >= 0.6 is 0 Å². The second-order valence-corrected chi connectivity index (χ2v) is 10.4. The van der Waals surface area contributed by atoms with E-state index in [0.717, 1.165) is 44.3 Å². The average molecular weight is 472 g/mol. The zero-order chi connectivity index (χ0) is 24.2. The van der Waals surface area contributed by atoms with Crippen LogP contribution in [0, 0.1) is 34.9 Å². The largest absolute Gasteiger partial charge is 0.426 e. The number of benzene rings is 1. The van der Waals surface area contributed by atoms with Crippen molar-refractivity contribution in [1.29, 1.82) is 5.26 Å². The fourth-order valence-corrected chi connectivity index (χ4v) is 5.49. The van der Waals surface area contributed by atoms with Crippen LogP contribution in [0.2, 0.25) is 0 Å². The van der Waals surface area contributed by atoms with Gasteiger partial charge in [0.25, 0.3) is 0 Å². The van der Waals surface area contributed by atoms with Crippen LogP contribution in [0.4, 0.5) is 4.39 Å². The first-order chi connectivity index (χ1) is 16.6. The minimum absolute atomic E-state index is 0.0521. The van der Waals surface area contributed by atoms with Gasteiger partial charge in [-0.1, -0.05) is 64.7 Å². The molecule has 2 saturated carbocycles. The Hall–Kier alpha value is -1.93. The molecule has 5 heteroatoms. The van der Waals surface area contributed by atoms with Crippen molar-refractivity contribution in [2.75, 3.05) is 6.61 Å². The number of esters is 1. The number of carbonyl (C=O) groups excluding carboxylic acids is 1. The van der Waals surface area contributed by atoms with Crippen molar-refractivity contribution in [2.45, 2.75) is 109 Å². The minimum Gasteiger partial charge on any atom is -0.426 e. The summed E-state index contributed by atoms with van der Waals surface area (Å²) in [6.07, 6.45) is 18.5. The molecule has 0 amide bonds. The predicted octanol–water partition coefficient (Wildman–Crippen LogP) is 7.74. The summed E-state index contributed by atoms with van der Waals surface area (Å²) >= 11 is 0. The zero-order valence-electron chi connectivity index (χ0n) is 20.9. The van der Waals surface area contributed by atoms with E-state index in [9.17, 15) is 9.18 Å². The van der Waals surface area contributed by atoms with Crippen molar-refractivity contribution >= 4 is 5.97 Å². The molecule has 0 spiro atoms. The molecule has 4 nitrogen and oxygen atoms in total. The van der Waals surface area contributed by atoms with Crippen LogP contribution in [0.25, 0.3) is 0 Å². The molecule has 0 atom stereocenters. The molecule has 2 fully saturated rings. The standard InChI is InChI=1S/C29H42FNO3/c1-2-3-4-5-6-7-8-22-9-11-23(12-10-22)21-33-26-16-13-24(14-17-26)29(32)34-27-18-15-25(20-31)28(30)19-27/h15,18-19,22-24,26H,2-14,16-17,21H2,1H3. The second-order valence-electron chi connectivity index (χ2n) is 10.4. The topological polar surface area (TPSA) is 59.3 Å². The number of nitrogens with zero attached hydrogens (tertiary/aromatic N) is 1. The lowest BCUT2D eigenvalue weighted by atomic mass is 9.80. The smallest absolute Gasteiger partial charge is 0.314 e. The third kappa shape index (κ3) is 8.69. The van der Waals surface area contributed by atoms with Gasteiger partial charge >= 0.3 is 5.97 Å². The van der Waals surface area contributed by atoms with Gasteiger partial charge in [0.05, 0.1) is 17.6 Å². The molecular weight excluding hydrogens is 429 g/mol. The summed E-state index contributed by atoms with van der Waals surface area (Å²) in [5.41, 5.74) is -0.0521. The van der Waals surface area contributed by atoms with E-state index >= 15 is 0 Å². The van der Waals surface area contributed by atoms with Crippen molar-refractivity contribution < 1.29 is 18.7 Å². The third-order valence-electron chi connectivity index (χ3n) is 7.79. The molecule has 0 aromatic heterocycles. The van der Waals surface area contributed by atoms with E-state index in [2.05, 4.69) is 6.92 Å². The first-order valence-electron chi connectivity index (χ1n) is 13.6. The van der Waals surface area contributed by atoms with Crippen LogP contribution in [0.15, 0.2) is 18.2 Å². The molecular formula is C29H42FNO3. The van der Waals surface area contributed by atoms with Crippen molar-refractivity contribution in [3.63, 3.8) is 0 Å². The first kappa shape index (κ1) is 26.7. The molecule has 1 aromatic carbocycles. The van der Waals surface area contributed by atoms with Crippen LogP contribution in [0.1, 0.15) is 109 Å². The Labute approximate surface area is 205 Å². The SMILES string of the molecule is CCCCCCCCC1CCC(COC2CCC(C(=O)Oc3ccc(C#N)c(F)c3)CC2)CC1. The summed E-state index contributed by atoms with van der Waals surface area (Å²) in [6, 6.07) is 5.68. The Morgan fingerprint density at radius 2 is 1.65 bits per heavy atom. The summed E-state index contributed by atoms with van der Waals surface area (Å²) in [6.45, 7) is 3.13. The number of carbonyl (C=O) groups is 1. The third-order valence-corrected chi connectivity index (χ3v) is 7.79. The van der Waals surface area contributed by atoms with Gasteiger partial charge in [0.15, 0.2) is 0 Å². The van der Waals surface area contributed by atoms with Crippen LogP contribution in [0.3, 0.4) is 0 Å². The molecule has 2 aliphatic rings. The van der Waals surface area contributed by atoms with E-state index in [1.165, 1.54) is 82.8 Å². The Morgan fingerprint density at radius 1 is 0.971 bits per heavy atom. The van der Waals surface area contributed by atoms with Gasteiger partial charge in [0, 0.05) is 12.7 Å². The highest BCUT2D eigenvalue weighted by Crippen LogP contribution is 2.34. The van der Waals surface area contributed by atoms with Crippen molar-refractivity contribution in [3.05, 3.63) is 29.6 Å². The first-order valence-corrected chi connectivity index (χ1v) is 13.6. The Bertz CT molecular complexity index is 789. The van der Waals surface area contributed by atoms with E-state index < -0.39 is 5.82 Å². The van der Waals surface area contributed by atoms with Crippen LogP contribution < -0.4 is 4.74 Å². The summed E-state index contributed by atoms with van der Waals surface area (Å²) in [7, 11) is 0. The summed E-state index contributed by atoms with van der Waals surface area (Å²) in [5, 5.41) is 8.81. The van der Waals surface area contributed by atoms with Crippen LogP contribution in [-0.2, 0) is 9.53 Å². The van der Waals surface area contributed by atoms with E-state index in [1.54, 1.807) is 6.07 Å². The van der Waals surface area contributed by atoms with Gasteiger partial charge in [0.1, 0.15) is 17.6 Å². The maximum atomic E-state index is 13.7. The summed E-state index contributed by atoms with van der Waals surface area (Å²) in [4.78, 5) is 12.5. The normalized spacial score (nSPS) is 25.0. The number of halogens is 1. The molecule has 34 heavy (non-hydrogen) atoms. The molecule has 0 saturated heterocycles. The fourth-order valence-electron chi connectivity index (χ4n) is 5.49. The summed E-state index contributed by atoms with van der Waals surface area (Å²) < 4.78 is 25.3. The lowest BCUT2D eigenvalue weighted by Gasteiger charge is -2.31. The van der Waals surface area contributed by atoms with Gasteiger partial charge in [0.2, 0.25) is 0 Å².